The molecule has 4 nitrogen and oxygen atoms in total. The van der Waals surface area contributed by atoms with Crippen molar-refractivity contribution in [1.82, 2.24) is 9.55 Å². The van der Waals surface area contributed by atoms with Gasteiger partial charge in [0.2, 0.25) is 0 Å². The average molecular weight is 366 g/mol. The molecule has 0 bridgehead atoms. The molecule has 0 saturated carbocycles. The number of nitrogens with one attached hydrogen (secondary N) is 1. The molecule has 2 aromatic rings. The standard InChI is InChI=1S/C23H31N3O/c1-3-23(4-2,19-10-6-5-7-11-19)25-16-14-20(15-17-25)26(27)18-24-21-12-8-9-13-22(21)26/h5-13,20,24H,3-4,14-18H2,1-2H3. The highest BCUT2D eigenvalue weighted by Gasteiger charge is 2.43. The molecule has 1 N–H and O–H groups in total. The van der Waals surface area contributed by atoms with Crippen LogP contribution in [0, 0.1) is 5.21 Å². The zero-order valence-electron chi connectivity index (χ0n) is 16.5. The number of fused-ring (bicyclic) bond motifs is 1. The van der Waals surface area contributed by atoms with Gasteiger partial charge in [-0.05, 0) is 24.5 Å². The highest BCUT2D eigenvalue weighted by molar-refractivity contribution is 5.72. The molecule has 2 heterocycles. The second-order valence-electron chi connectivity index (χ2n) is 7.97. The van der Waals surface area contributed by atoms with E-state index >= 15 is 0 Å². The zero-order chi connectivity index (χ0) is 18.9. The Hall–Kier alpha value is -1.88. The van der Waals surface area contributed by atoms with Crippen LogP contribution in [-0.4, -0.2) is 30.7 Å². The van der Waals surface area contributed by atoms with E-state index in [0.29, 0.717) is 6.67 Å². The van der Waals surface area contributed by atoms with Crippen molar-refractivity contribution in [2.75, 3.05) is 25.1 Å². The van der Waals surface area contributed by atoms with Crippen molar-refractivity contribution in [3.8, 4) is 0 Å². The van der Waals surface area contributed by atoms with Crippen LogP contribution in [0.2, 0.25) is 0 Å². The molecule has 0 amide bonds. The summed E-state index contributed by atoms with van der Waals surface area (Å²) in [6.07, 6.45) is 4.10. The van der Waals surface area contributed by atoms with Crippen LogP contribution in [0.5, 0.6) is 0 Å². The van der Waals surface area contributed by atoms with Crippen LogP contribution in [0.25, 0.3) is 0 Å². The van der Waals surface area contributed by atoms with E-state index in [4.69, 9.17) is 0 Å². The smallest absolute Gasteiger partial charge is 0.158 e. The number of likely N-dealkylation sites (tertiary alicyclic amines) is 1. The fraction of sp³-hybridized carbons (Fsp3) is 0.478. The summed E-state index contributed by atoms with van der Waals surface area (Å²) in [7, 11) is 0. The van der Waals surface area contributed by atoms with Gasteiger partial charge < -0.3 is 15.2 Å². The third-order valence-electron chi connectivity index (χ3n) is 6.96. The summed E-state index contributed by atoms with van der Waals surface area (Å²) in [6, 6.07) is 19.1. The molecule has 4 rings (SSSR count). The summed E-state index contributed by atoms with van der Waals surface area (Å²) >= 11 is 0. The Morgan fingerprint density at radius 1 is 1.00 bits per heavy atom. The predicted molar refractivity (Wildman–Crippen MR) is 113 cm³/mol. The molecule has 1 saturated heterocycles. The minimum atomic E-state index is -0.208. The van der Waals surface area contributed by atoms with Crippen LogP contribution in [-0.2, 0) is 5.54 Å². The molecular weight excluding hydrogens is 334 g/mol. The van der Waals surface area contributed by atoms with Gasteiger partial charge in [0.05, 0.1) is 6.04 Å². The van der Waals surface area contributed by atoms with Gasteiger partial charge >= 0.3 is 0 Å². The lowest BCUT2D eigenvalue weighted by molar-refractivity contribution is 0.0331. The molecule has 0 aromatic heterocycles. The number of para-hydroxylation sites is 2. The zero-order valence-corrected chi connectivity index (χ0v) is 16.5. The van der Waals surface area contributed by atoms with Crippen molar-refractivity contribution in [1.29, 1.82) is 0 Å². The summed E-state index contributed by atoms with van der Waals surface area (Å²) in [5.74, 6) is 0. The highest BCUT2D eigenvalue weighted by atomic mass is 16.6. The second kappa shape index (κ2) is 7.27. The van der Waals surface area contributed by atoms with Crippen LogP contribution < -0.4 is 9.96 Å². The number of hydrogen-bond donors (Lipinski definition) is 1. The number of quaternary nitrogens is 1. The van der Waals surface area contributed by atoms with Crippen LogP contribution in [0.1, 0.15) is 45.1 Å². The first kappa shape index (κ1) is 18.5. The topological polar surface area (TPSA) is 38.3 Å². The van der Waals surface area contributed by atoms with Gasteiger partial charge in [-0.1, -0.05) is 56.3 Å². The summed E-state index contributed by atoms with van der Waals surface area (Å²) in [6.45, 7) is 7.04. The summed E-state index contributed by atoms with van der Waals surface area (Å²) in [4.78, 5) is 2.64. The average Bonchev–Trinajstić information content (AvgIpc) is 3.09. The minimum Gasteiger partial charge on any atom is -0.626 e. The van der Waals surface area contributed by atoms with Gasteiger partial charge in [-0.25, -0.2) is 0 Å². The Morgan fingerprint density at radius 3 is 2.30 bits per heavy atom. The van der Waals surface area contributed by atoms with E-state index in [1.807, 2.05) is 24.3 Å². The van der Waals surface area contributed by atoms with Crippen molar-refractivity contribution in [2.45, 2.75) is 51.1 Å². The molecule has 0 spiro atoms. The van der Waals surface area contributed by atoms with Crippen LogP contribution in [0.15, 0.2) is 54.6 Å². The maximum atomic E-state index is 13.7. The number of piperidine rings is 1. The fourth-order valence-electron chi connectivity index (χ4n) is 5.31. The molecule has 0 radical (unpaired) electrons. The van der Waals surface area contributed by atoms with E-state index in [-0.39, 0.29) is 16.2 Å². The van der Waals surface area contributed by atoms with Crippen molar-refractivity contribution in [2.24, 2.45) is 0 Å². The first-order valence-electron chi connectivity index (χ1n) is 10.4. The molecule has 27 heavy (non-hydrogen) atoms. The lowest BCUT2D eigenvalue weighted by Crippen LogP contribution is -2.58. The summed E-state index contributed by atoms with van der Waals surface area (Å²) < 4.78 is -0.208. The third-order valence-corrected chi connectivity index (χ3v) is 6.96. The number of rotatable bonds is 5. The lowest BCUT2D eigenvalue weighted by Gasteiger charge is -2.51. The molecule has 2 aliphatic heterocycles. The van der Waals surface area contributed by atoms with Crippen molar-refractivity contribution in [3.05, 3.63) is 65.4 Å². The fourth-order valence-corrected chi connectivity index (χ4v) is 5.31. The van der Waals surface area contributed by atoms with E-state index < -0.39 is 0 Å². The number of benzene rings is 2. The van der Waals surface area contributed by atoms with Crippen LogP contribution in [0.4, 0.5) is 11.4 Å². The molecule has 0 aliphatic carbocycles. The van der Waals surface area contributed by atoms with Crippen molar-refractivity contribution >= 4 is 11.4 Å². The van der Waals surface area contributed by atoms with Crippen molar-refractivity contribution in [3.63, 3.8) is 0 Å². The quantitative estimate of drug-likeness (QED) is 0.595. The molecule has 2 aliphatic rings. The van der Waals surface area contributed by atoms with E-state index in [1.165, 1.54) is 5.56 Å². The molecule has 1 atom stereocenters. The Bertz CT molecular complexity index is 766. The van der Waals surface area contributed by atoms with E-state index in [0.717, 1.165) is 50.1 Å². The van der Waals surface area contributed by atoms with E-state index in [2.05, 4.69) is 54.4 Å². The molecular formula is C23H31N3O. The normalized spacial score (nSPS) is 23.8. The highest BCUT2D eigenvalue weighted by Crippen LogP contribution is 2.43. The van der Waals surface area contributed by atoms with Gasteiger partial charge in [-0.2, -0.15) is 0 Å². The largest absolute Gasteiger partial charge is 0.626 e. The summed E-state index contributed by atoms with van der Waals surface area (Å²) in [5.41, 5.74) is 3.42. The first-order chi connectivity index (χ1) is 13.1. The first-order valence-corrected chi connectivity index (χ1v) is 10.4. The lowest BCUT2D eigenvalue weighted by atomic mass is 9.81. The number of anilines is 1. The van der Waals surface area contributed by atoms with E-state index in [9.17, 15) is 5.21 Å². The number of hydroxylamine groups is 2. The third kappa shape index (κ3) is 2.96. The molecule has 1 unspecified atom stereocenters. The van der Waals surface area contributed by atoms with Crippen molar-refractivity contribution < 1.29 is 0 Å². The maximum absolute atomic E-state index is 13.7. The van der Waals surface area contributed by atoms with Gasteiger partial charge in [0.15, 0.2) is 12.4 Å². The predicted octanol–water partition coefficient (Wildman–Crippen LogP) is 5.05. The number of hydrogen-bond acceptors (Lipinski definition) is 3. The molecule has 2 aromatic carbocycles. The van der Waals surface area contributed by atoms with Crippen LogP contribution in [0.3, 0.4) is 0 Å². The van der Waals surface area contributed by atoms with Gasteiger partial charge in [0.1, 0.15) is 5.69 Å². The maximum Gasteiger partial charge on any atom is 0.158 e. The Balaban J connectivity index is 1.54. The minimum absolute atomic E-state index is 0.0844. The van der Waals surface area contributed by atoms with Gasteiger partial charge in [-0.15, -0.1) is 0 Å². The SMILES string of the molecule is CCC(CC)(c1ccccc1)N1CCC([N+]2([O-])CNc3ccccc32)CC1. The summed E-state index contributed by atoms with van der Waals surface area (Å²) in [5, 5.41) is 17.0. The Morgan fingerprint density at radius 2 is 1.63 bits per heavy atom. The Labute approximate surface area is 163 Å². The van der Waals surface area contributed by atoms with Crippen LogP contribution >= 0.6 is 0 Å². The number of nitrogens with zero attached hydrogens (tertiary/aromatic N) is 2. The van der Waals surface area contributed by atoms with Gasteiger partial charge in [0, 0.05) is 37.5 Å². The van der Waals surface area contributed by atoms with E-state index in [1.54, 1.807) is 0 Å². The molecule has 1 fully saturated rings. The second-order valence-corrected chi connectivity index (χ2v) is 7.97. The van der Waals surface area contributed by atoms with Gasteiger partial charge in [0.25, 0.3) is 0 Å². The Kier molecular flexibility index (Phi) is 4.97. The monoisotopic (exact) mass is 365 g/mol. The molecule has 4 heteroatoms. The molecule has 144 valence electrons. The van der Waals surface area contributed by atoms with Gasteiger partial charge in [-0.3, -0.25) is 4.90 Å².